The summed E-state index contributed by atoms with van der Waals surface area (Å²) in [5.74, 6) is -0.221. The minimum atomic E-state index is -1.45. The molecule has 0 saturated carbocycles. The maximum absolute atomic E-state index is 11.9. The number of nitrogens with zero attached hydrogens (tertiary/aromatic N) is 1. The molecule has 0 aromatic carbocycles. The fourth-order valence-corrected chi connectivity index (χ4v) is 1.38. The lowest BCUT2D eigenvalue weighted by atomic mass is 10.0. The van der Waals surface area contributed by atoms with Crippen LogP contribution in [0.4, 0.5) is 0 Å². The van der Waals surface area contributed by atoms with Crippen LogP contribution in [0.2, 0.25) is 0 Å². The minimum absolute atomic E-state index is 0.240. The van der Waals surface area contributed by atoms with Crippen LogP contribution in [0.3, 0.4) is 0 Å². The van der Waals surface area contributed by atoms with Crippen molar-refractivity contribution in [1.29, 1.82) is 0 Å². The van der Waals surface area contributed by atoms with E-state index in [-0.39, 0.29) is 5.56 Å². The number of carbonyl (C=O) groups is 1. The van der Waals surface area contributed by atoms with E-state index < -0.39 is 31.3 Å². The van der Waals surface area contributed by atoms with Gasteiger partial charge in [0.1, 0.15) is 16.9 Å². The van der Waals surface area contributed by atoms with Gasteiger partial charge in [-0.15, -0.1) is 0 Å². The lowest BCUT2D eigenvalue weighted by Crippen LogP contribution is -2.57. The van der Waals surface area contributed by atoms with Crippen LogP contribution in [0.5, 0.6) is 0 Å². The fraction of sp³-hybridized carbons (Fsp3) is 0.600. The number of rotatable bonds is 5. The minimum Gasteiger partial charge on any atom is -0.394 e. The Morgan fingerprint density at radius 1 is 1.29 bits per heavy atom. The third-order valence-electron chi connectivity index (χ3n) is 2.55. The molecule has 1 aromatic heterocycles. The third-order valence-corrected chi connectivity index (χ3v) is 2.55. The molecule has 1 aromatic rings. The van der Waals surface area contributed by atoms with Gasteiger partial charge in [-0.3, -0.25) is 4.79 Å². The van der Waals surface area contributed by atoms with Crippen molar-refractivity contribution in [3.8, 4) is 0 Å². The second-order valence-corrected chi connectivity index (χ2v) is 3.91. The van der Waals surface area contributed by atoms with Gasteiger partial charge in [0.05, 0.1) is 25.5 Å². The molecule has 0 atom stereocenters. The number of aromatic nitrogens is 1. The molecule has 7 heteroatoms. The van der Waals surface area contributed by atoms with E-state index in [0.717, 1.165) is 0 Å². The summed E-state index contributed by atoms with van der Waals surface area (Å²) in [6.45, 7) is 1.46. The summed E-state index contributed by atoms with van der Waals surface area (Å²) in [4.78, 5) is 11.9. The summed E-state index contributed by atoms with van der Waals surface area (Å²) in [5, 5.41) is 33.3. The van der Waals surface area contributed by atoms with Crippen molar-refractivity contribution in [3.63, 3.8) is 0 Å². The second-order valence-electron chi connectivity index (χ2n) is 3.91. The van der Waals surface area contributed by atoms with Gasteiger partial charge in [-0.1, -0.05) is 5.16 Å². The lowest BCUT2D eigenvalue weighted by molar-refractivity contribution is 0.0374. The van der Waals surface area contributed by atoms with Gasteiger partial charge in [0.25, 0.3) is 5.91 Å². The molecule has 0 aliphatic heterocycles. The largest absolute Gasteiger partial charge is 0.394 e. The zero-order chi connectivity index (χ0) is 13.1. The van der Waals surface area contributed by atoms with Crippen LogP contribution < -0.4 is 5.32 Å². The van der Waals surface area contributed by atoms with E-state index in [4.69, 9.17) is 19.8 Å². The van der Waals surface area contributed by atoms with E-state index >= 15 is 0 Å². The average Bonchev–Trinajstić information content (AvgIpc) is 2.66. The van der Waals surface area contributed by atoms with E-state index in [9.17, 15) is 4.79 Å². The Kier molecular flexibility index (Phi) is 4.22. The molecule has 0 aliphatic rings. The number of aliphatic hydroxyl groups excluding tert-OH is 3. The van der Waals surface area contributed by atoms with Crippen molar-refractivity contribution >= 4 is 5.91 Å². The van der Waals surface area contributed by atoms with E-state index in [2.05, 4.69) is 10.5 Å². The first-order valence-electron chi connectivity index (χ1n) is 5.07. The van der Waals surface area contributed by atoms with E-state index in [1.165, 1.54) is 0 Å². The van der Waals surface area contributed by atoms with Crippen LogP contribution in [-0.2, 0) is 0 Å². The number of aliphatic hydroxyl groups is 3. The first kappa shape index (κ1) is 13.6. The zero-order valence-electron chi connectivity index (χ0n) is 9.73. The van der Waals surface area contributed by atoms with Crippen molar-refractivity contribution in [1.82, 2.24) is 10.5 Å². The van der Waals surface area contributed by atoms with E-state index in [1.807, 2.05) is 0 Å². The summed E-state index contributed by atoms with van der Waals surface area (Å²) < 4.78 is 4.83. The molecule has 17 heavy (non-hydrogen) atoms. The van der Waals surface area contributed by atoms with Crippen molar-refractivity contribution in [2.75, 3.05) is 19.8 Å². The van der Waals surface area contributed by atoms with Gasteiger partial charge in [0.2, 0.25) is 0 Å². The van der Waals surface area contributed by atoms with E-state index in [1.54, 1.807) is 13.8 Å². The number of carbonyl (C=O) groups excluding carboxylic acids is 1. The maximum Gasteiger partial charge on any atom is 0.257 e. The summed E-state index contributed by atoms with van der Waals surface area (Å²) in [7, 11) is 0. The zero-order valence-corrected chi connectivity index (χ0v) is 9.73. The maximum atomic E-state index is 11.9. The predicted octanol–water partition coefficient (Wildman–Crippen LogP) is -1.26. The van der Waals surface area contributed by atoms with E-state index in [0.29, 0.717) is 11.5 Å². The molecule has 0 radical (unpaired) electrons. The van der Waals surface area contributed by atoms with Crippen LogP contribution in [0.1, 0.15) is 21.8 Å². The van der Waals surface area contributed by atoms with Gasteiger partial charge in [0, 0.05) is 0 Å². The smallest absolute Gasteiger partial charge is 0.257 e. The topological polar surface area (TPSA) is 116 Å². The SMILES string of the molecule is Cc1noc(C)c1C(=O)NC(CO)(CO)CO. The Morgan fingerprint density at radius 2 is 1.82 bits per heavy atom. The standard InChI is InChI=1S/C10H16N2O5/c1-6-8(7(2)17-12-6)9(16)11-10(3-13,4-14)5-15/h13-15H,3-5H2,1-2H3,(H,11,16). The first-order chi connectivity index (χ1) is 7.99. The summed E-state index contributed by atoms with van der Waals surface area (Å²) in [6.07, 6.45) is 0. The quantitative estimate of drug-likeness (QED) is 0.513. The third kappa shape index (κ3) is 2.63. The molecule has 0 bridgehead atoms. The highest BCUT2D eigenvalue weighted by Gasteiger charge is 2.32. The lowest BCUT2D eigenvalue weighted by Gasteiger charge is -2.28. The highest BCUT2D eigenvalue weighted by molar-refractivity contribution is 5.96. The van der Waals surface area contributed by atoms with Gasteiger partial charge in [0.15, 0.2) is 0 Å². The van der Waals surface area contributed by atoms with Gasteiger partial charge >= 0.3 is 0 Å². The van der Waals surface area contributed by atoms with Crippen LogP contribution >= 0.6 is 0 Å². The monoisotopic (exact) mass is 244 g/mol. The highest BCUT2D eigenvalue weighted by Crippen LogP contribution is 2.13. The summed E-state index contributed by atoms with van der Waals surface area (Å²) >= 11 is 0. The molecule has 0 saturated heterocycles. The summed E-state index contributed by atoms with van der Waals surface area (Å²) in [5.41, 5.74) is -0.805. The Bertz CT molecular complexity index is 370. The average molecular weight is 244 g/mol. The molecule has 0 fully saturated rings. The van der Waals surface area contributed by atoms with Crippen LogP contribution in [0.15, 0.2) is 4.52 Å². The Hall–Kier alpha value is -1.44. The number of aryl methyl sites for hydroxylation is 2. The molecular formula is C10H16N2O5. The molecule has 7 nitrogen and oxygen atoms in total. The van der Waals surface area contributed by atoms with Gasteiger partial charge < -0.3 is 25.2 Å². The molecule has 96 valence electrons. The van der Waals surface area contributed by atoms with Gasteiger partial charge in [-0.2, -0.15) is 0 Å². The Labute approximate surface area is 98.0 Å². The second kappa shape index (κ2) is 5.26. The molecule has 0 unspecified atom stereocenters. The normalized spacial score (nSPS) is 11.6. The molecule has 1 amide bonds. The van der Waals surface area contributed by atoms with Crippen LogP contribution in [-0.4, -0.2) is 51.7 Å². The molecule has 1 heterocycles. The molecule has 1 rings (SSSR count). The number of hydrogen-bond donors (Lipinski definition) is 4. The van der Waals surface area contributed by atoms with Crippen molar-refractivity contribution < 1.29 is 24.6 Å². The Morgan fingerprint density at radius 3 is 2.18 bits per heavy atom. The number of hydrogen-bond acceptors (Lipinski definition) is 6. The van der Waals surface area contributed by atoms with Crippen LogP contribution in [0, 0.1) is 13.8 Å². The van der Waals surface area contributed by atoms with Gasteiger partial charge in [-0.25, -0.2) is 0 Å². The first-order valence-corrected chi connectivity index (χ1v) is 5.07. The number of amides is 1. The molecule has 4 N–H and O–H groups in total. The molecular weight excluding hydrogens is 228 g/mol. The fourth-order valence-electron chi connectivity index (χ4n) is 1.38. The Balaban J connectivity index is 2.92. The van der Waals surface area contributed by atoms with Gasteiger partial charge in [-0.05, 0) is 13.8 Å². The van der Waals surface area contributed by atoms with Crippen molar-refractivity contribution in [2.24, 2.45) is 0 Å². The predicted molar refractivity (Wildman–Crippen MR) is 57.4 cm³/mol. The summed E-state index contributed by atoms with van der Waals surface area (Å²) in [6, 6.07) is 0. The molecule has 0 spiro atoms. The molecule has 0 aliphatic carbocycles. The van der Waals surface area contributed by atoms with Crippen molar-refractivity contribution in [2.45, 2.75) is 19.4 Å². The highest BCUT2D eigenvalue weighted by atomic mass is 16.5. The number of nitrogens with one attached hydrogen (secondary N) is 1. The van der Waals surface area contributed by atoms with Crippen LogP contribution in [0.25, 0.3) is 0 Å². The van der Waals surface area contributed by atoms with Crippen molar-refractivity contribution in [3.05, 3.63) is 17.0 Å².